The largest absolute Gasteiger partial charge is 0.480 e. The van der Waals surface area contributed by atoms with E-state index in [-0.39, 0.29) is 5.56 Å². The van der Waals surface area contributed by atoms with Crippen LogP contribution in [0.5, 0.6) is 5.75 Å². The Morgan fingerprint density at radius 3 is 2.67 bits per heavy atom. The number of halogens is 1. The van der Waals surface area contributed by atoms with E-state index < -0.39 is 12.0 Å². The van der Waals surface area contributed by atoms with Crippen LogP contribution in [0.4, 0.5) is 0 Å². The molecule has 3 rings (SSSR count). The van der Waals surface area contributed by atoms with Crippen LogP contribution in [0.25, 0.3) is 11.5 Å². The molecule has 0 radical (unpaired) electrons. The van der Waals surface area contributed by atoms with E-state index in [9.17, 15) is 4.79 Å². The van der Waals surface area contributed by atoms with Gasteiger partial charge in [0, 0.05) is 10.6 Å². The summed E-state index contributed by atoms with van der Waals surface area (Å²) in [7, 11) is 0. The van der Waals surface area contributed by atoms with Crippen molar-refractivity contribution >= 4 is 17.5 Å². The molecular formula is C17H14ClN3O3. The van der Waals surface area contributed by atoms with Crippen LogP contribution in [0.3, 0.4) is 0 Å². The van der Waals surface area contributed by atoms with Crippen molar-refractivity contribution in [2.24, 2.45) is 5.73 Å². The lowest BCUT2D eigenvalue weighted by molar-refractivity contribution is 0.0991. The third-order valence-corrected chi connectivity index (χ3v) is 3.56. The maximum atomic E-state index is 11.5. The highest BCUT2D eigenvalue weighted by atomic mass is 35.5. The van der Waals surface area contributed by atoms with Gasteiger partial charge in [-0.05, 0) is 37.3 Å². The number of primary amides is 1. The Morgan fingerprint density at radius 2 is 1.96 bits per heavy atom. The fourth-order valence-corrected chi connectivity index (χ4v) is 2.31. The van der Waals surface area contributed by atoms with Crippen LogP contribution in [0.15, 0.2) is 52.9 Å². The van der Waals surface area contributed by atoms with Crippen LogP contribution < -0.4 is 10.5 Å². The van der Waals surface area contributed by atoms with Crippen LogP contribution in [0, 0.1) is 0 Å². The number of carbonyl (C=O) groups excluding carboxylic acids is 1. The minimum Gasteiger partial charge on any atom is -0.480 e. The first-order valence-electron chi connectivity index (χ1n) is 7.19. The van der Waals surface area contributed by atoms with Gasteiger partial charge in [0.15, 0.2) is 6.10 Å². The molecule has 0 aliphatic carbocycles. The predicted molar refractivity (Wildman–Crippen MR) is 88.7 cm³/mol. The quantitative estimate of drug-likeness (QED) is 0.763. The molecule has 1 atom stereocenters. The number of nitrogens with zero attached hydrogens (tertiary/aromatic N) is 2. The third-order valence-electron chi connectivity index (χ3n) is 3.32. The van der Waals surface area contributed by atoms with E-state index >= 15 is 0 Å². The number of hydrogen-bond acceptors (Lipinski definition) is 5. The smallest absolute Gasteiger partial charge is 0.257 e. The first-order valence-corrected chi connectivity index (χ1v) is 7.57. The average molecular weight is 344 g/mol. The topological polar surface area (TPSA) is 91.2 Å². The number of aromatic nitrogens is 2. The summed E-state index contributed by atoms with van der Waals surface area (Å²) in [6.07, 6.45) is -0.561. The zero-order chi connectivity index (χ0) is 17.1. The molecule has 7 heteroatoms. The van der Waals surface area contributed by atoms with Crippen molar-refractivity contribution in [1.82, 2.24) is 10.2 Å². The van der Waals surface area contributed by atoms with E-state index in [0.29, 0.717) is 22.6 Å². The Morgan fingerprint density at radius 1 is 1.21 bits per heavy atom. The van der Waals surface area contributed by atoms with E-state index in [4.69, 9.17) is 26.5 Å². The highest BCUT2D eigenvalue weighted by Crippen LogP contribution is 2.28. The van der Waals surface area contributed by atoms with Crippen LogP contribution in [0.1, 0.15) is 29.3 Å². The molecule has 0 bridgehead atoms. The molecule has 1 heterocycles. The van der Waals surface area contributed by atoms with Crippen molar-refractivity contribution in [1.29, 1.82) is 0 Å². The number of hydrogen-bond donors (Lipinski definition) is 1. The molecule has 2 aromatic carbocycles. The van der Waals surface area contributed by atoms with Crippen LogP contribution >= 0.6 is 11.6 Å². The SMILES string of the molecule is C[C@@H](Oc1ccc(Cl)cc1C(N)=O)c1nnc(-c2ccccc2)o1. The van der Waals surface area contributed by atoms with E-state index in [1.54, 1.807) is 19.1 Å². The third kappa shape index (κ3) is 3.38. The summed E-state index contributed by atoms with van der Waals surface area (Å²) in [5.74, 6) is 0.362. The zero-order valence-electron chi connectivity index (χ0n) is 12.8. The van der Waals surface area contributed by atoms with Gasteiger partial charge >= 0.3 is 0 Å². The van der Waals surface area contributed by atoms with Gasteiger partial charge in [-0.1, -0.05) is 29.8 Å². The molecule has 6 nitrogen and oxygen atoms in total. The van der Waals surface area contributed by atoms with Gasteiger partial charge in [0.25, 0.3) is 11.8 Å². The van der Waals surface area contributed by atoms with Crippen molar-refractivity contribution in [3.05, 3.63) is 65.0 Å². The monoisotopic (exact) mass is 343 g/mol. The number of benzene rings is 2. The summed E-state index contributed by atoms with van der Waals surface area (Å²) in [6.45, 7) is 1.74. The van der Waals surface area contributed by atoms with Crippen molar-refractivity contribution in [2.45, 2.75) is 13.0 Å². The number of rotatable bonds is 5. The van der Waals surface area contributed by atoms with Crippen molar-refractivity contribution in [3.63, 3.8) is 0 Å². The molecule has 1 aromatic heterocycles. The number of carbonyl (C=O) groups is 1. The molecule has 24 heavy (non-hydrogen) atoms. The second-order valence-corrected chi connectivity index (χ2v) is 5.51. The minimum atomic E-state index is -0.629. The van der Waals surface area contributed by atoms with E-state index in [0.717, 1.165) is 5.56 Å². The number of ether oxygens (including phenoxy) is 1. The molecule has 0 fully saturated rings. The Bertz CT molecular complexity index is 865. The van der Waals surface area contributed by atoms with Crippen molar-refractivity contribution in [3.8, 4) is 17.2 Å². The lowest BCUT2D eigenvalue weighted by Crippen LogP contribution is -2.14. The van der Waals surface area contributed by atoms with Gasteiger partial charge in [-0.25, -0.2) is 0 Å². The normalized spacial score (nSPS) is 11.9. The van der Waals surface area contributed by atoms with Crippen molar-refractivity contribution in [2.75, 3.05) is 0 Å². The molecule has 3 aromatic rings. The molecule has 1 amide bonds. The fraction of sp³-hybridized carbons (Fsp3) is 0.118. The maximum Gasteiger partial charge on any atom is 0.257 e. The van der Waals surface area contributed by atoms with Gasteiger partial charge in [-0.2, -0.15) is 0 Å². The van der Waals surface area contributed by atoms with Crippen molar-refractivity contribution < 1.29 is 13.9 Å². The van der Waals surface area contributed by atoms with Gasteiger partial charge in [-0.3, -0.25) is 4.79 Å². The fourth-order valence-electron chi connectivity index (χ4n) is 2.13. The molecular weight excluding hydrogens is 330 g/mol. The van der Waals surface area contributed by atoms with Gasteiger partial charge in [-0.15, -0.1) is 10.2 Å². The van der Waals surface area contributed by atoms with Crippen LogP contribution in [-0.2, 0) is 0 Å². The van der Waals surface area contributed by atoms with Gasteiger partial charge in [0.05, 0.1) is 5.56 Å². The molecule has 0 unspecified atom stereocenters. The summed E-state index contributed by atoms with van der Waals surface area (Å²) in [5, 5.41) is 8.40. The van der Waals surface area contributed by atoms with E-state index in [1.165, 1.54) is 6.07 Å². The Hall–Kier alpha value is -2.86. The average Bonchev–Trinajstić information content (AvgIpc) is 3.07. The molecule has 122 valence electrons. The predicted octanol–water partition coefficient (Wildman–Crippen LogP) is 3.63. The Labute approximate surface area is 143 Å². The molecule has 0 saturated carbocycles. The Balaban J connectivity index is 1.82. The highest BCUT2D eigenvalue weighted by molar-refractivity contribution is 6.31. The maximum absolute atomic E-state index is 11.5. The summed E-state index contributed by atoms with van der Waals surface area (Å²) >= 11 is 5.88. The van der Waals surface area contributed by atoms with Gasteiger partial charge in [0.1, 0.15) is 5.75 Å². The van der Waals surface area contributed by atoms with E-state index in [1.807, 2.05) is 30.3 Å². The molecule has 0 spiro atoms. The second-order valence-electron chi connectivity index (χ2n) is 5.08. The summed E-state index contributed by atoms with van der Waals surface area (Å²) < 4.78 is 11.4. The second kappa shape index (κ2) is 6.72. The van der Waals surface area contributed by atoms with Gasteiger partial charge < -0.3 is 14.9 Å². The molecule has 0 aliphatic heterocycles. The zero-order valence-corrected chi connectivity index (χ0v) is 13.5. The number of nitrogens with two attached hydrogens (primary N) is 1. The van der Waals surface area contributed by atoms with Crippen LogP contribution in [0.2, 0.25) is 5.02 Å². The summed E-state index contributed by atoms with van der Waals surface area (Å²) in [5.41, 5.74) is 6.35. The molecule has 2 N–H and O–H groups in total. The van der Waals surface area contributed by atoms with Gasteiger partial charge in [0.2, 0.25) is 5.89 Å². The standard InChI is InChI=1S/C17H14ClN3O3/c1-10(23-14-8-7-12(18)9-13(14)15(19)22)16-20-21-17(24-16)11-5-3-2-4-6-11/h2-10H,1H3,(H2,19,22)/t10-/m1/s1. The highest BCUT2D eigenvalue weighted by Gasteiger charge is 2.19. The Kier molecular flexibility index (Phi) is 4.48. The summed E-state index contributed by atoms with van der Waals surface area (Å²) in [6, 6.07) is 14.0. The minimum absolute atomic E-state index is 0.192. The molecule has 0 saturated heterocycles. The first kappa shape index (κ1) is 16.0. The first-order chi connectivity index (χ1) is 11.5. The number of amides is 1. The molecule has 0 aliphatic rings. The lowest BCUT2D eigenvalue weighted by atomic mass is 10.2. The lowest BCUT2D eigenvalue weighted by Gasteiger charge is -2.13. The summed E-state index contributed by atoms with van der Waals surface area (Å²) in [4.78, 5) is 11.5. The van der Waals surface area contributed by atoms with Crippen LogP contribution in [-0.4, -0.2) is 16.1 Å². The van der Waals surface area contributed by atoms with E-state index in [2.05, 4.69) is 10.2 Å².